The molecule has 0 saturated carbocycles. The van der Waals surface area contributed by atoms with E-state index in [1.54, 1.807) is 6.26 Å². The van der Waals surface area contributed by atoms with Crippen molar-refractivity contribution in [2.75, 3.05) is 5.75 Å². The highest BCUT2D eigenvalue weighted by atomic mass is 32.2. The number of thioether (sulfide) groups is 1. The van der Waals surface area contributed by atoms with Gasteiger partial charge in [-0.15, -0.1) is 0 Å². The maximum atomic E-state index is 10.7. The summed E-state index contributed by atoms with van der Waals surface area (Å²) in [6.07, 6.45) is 3.44. The molecule has 0 fully saturated rings. The minimum absolute atomic E-state index is 0.00124. The van der Waals surface area contributed by atoms with Gasteiger partial charge in [-0.05, 0) is 12.1 Å². The molecule has 0 aliphatic carbocycles. The molecule has 2 aromatic heterocycles. The number of carbonyl (C=O) groups is 1. The minimum Gasteiger partial charge on any atom is -0.481 e. The summed E-state index contributed by atoms with van der Waals surface area (Å²) in [5, 5.41) is 9.52. The van der Waals surface area contributed by atoms with Crippen LogP contribution in [0.15, 0.2) is 34.2 Å². The van der Waals surface area contributed by atoms with Gasteiger partial charge in [0.05, 0.1) is 18.6 Å². The first-order valence-corrected chi connectivity index (χ1v) is 7.29. The summed E-state index contributed by atoms with van der Waals surface area (Å²) in [5.74, 6) is -0.0239. The van der Waals surface area contributed by atoms with Crippen molar-refractivity contribution in [3.63, 3.8) is 0 Å². The molecule has 0 bridgehead atoms. The summed E-state index contributed by atoms with van der Waals surface area (Å²) in [6.45, 7) is 6.87. The molecule has 5 nitrogen and oxygen atoms in total. The summed E-state index contributed by atoms with van der Waals surface area (Å²) >= 11 is 1.22. The van der Waals surface area contributed by atoms with Crippen LogP contribution in [0.2, 0.25) is 0 Å². The quantitative estimate of drug-likeness (QED) is 0.859. The number of hydrogen-bond donors (Lipinski definition) is 1. The Labute approximate surface area is 122 Å². The molecule has 0 amide bonds. The molecule has 0 radical (unpaired) electrons. The number of aromatic nitrogens is 2. The van der Waals surface area contributed by atoms with Gasteiger partial charge >= 0.3 is 5.97 Å². The van der Waals surface area contributed by atoms with E-state index in [9.17, 15) is 4.79 Å². The van der Waals surface area contributed by atoms with E-state index < -0.39 is 5.97 Å². The maximum absolute atomic E-state index is 10.7. The summed E-state index contributed by atoms with van der Waals surface area (Å²) in [4.78, 5) is 15.1. The fourth-order valence-corrected chi connectivity index (χ4v) is 2.61. The van der Waals surface area contributed by atoms with Gasteiger partial charge in [-0.1, -0.05) is 32.5 Å². The van der Waals surface area contributed by atoms with Crippen LogP contribution in [-0.2, 0) is 16.8 Å². The average molecular weight is 294 g/mol. The lowest BCUT2D eigenvalue weighted by molar-refractivity contribution is -0.133. The number of imidazole rings is 1. The van der Waals surface area contributed by atoms with Crippen LogP contribution in [0, 0.1) is 0 Å². The largest absolute Gasteiger partial charge is 0.481 e. The lowest BCUT2D eigenvalue weighted by Gasteiger charge is -2.21. The third-order valence-corrected chi connectivity index (χ3v) is 3.78. The smallest absolute Gasteiger partial charge is 0.313 e. The Morgan fingerprint density at radius 3 is 2.80 bits per heavy atom. The van der Waals surface area contributed by atoms with Gasteiger partial charge in [0.2, 0.25) is 0 Å². The van der Waals surface area contributed by atoms with Gasteiger partial charge in [0.15, 0.2) is 5.16 Å². The summed E-state index contributed by atoms with van der Waals surface area (Å²) in [5.41, 5.74) is 0.989. The number of nitrogens with zero attached hydrogens (tertiary/aromatic N) is 2. The number of hydrogen-bond acceptors (Lipinski definition) is 4. The van der Waals surface area contributed by atoms with E-state index in [2.05, 4.69) is 25.8 Å². The fraction of sp³-hybridized carbons (Fsp3) is 0.429. The first kappa shape index (κ1) is 14.7. The van der Waals surface area contributed by atoms with E-state index in [1.807, 2.05) is 22.9 Å². The Bertz CT molecular complexity index is 582. The van der Waals surface area contributed by atoms with Crippen LogP contribution >= 0.6 is 11.8 Å². The average Bonchev–Trinajstić information content (AvgIpc) is 2.95. The highest BCUT2D eigenvalue weighted by Crippen LogP contribution is 2.28. The third-order valence-electron chi connectivity index (χ3n) is 2.81. The van der Waals surface area contributed by atoms with Gasteiger partial charge < -0.3 is 14.1 Å². The molecule has 2 rings (SSSR count). The molecule has 0 aliphatic rings. The molecule has 0 aliphatic heterocycles. The first-order chi connectivity index (χ1) is 9.38. The summed E-state index contributed by atoms with van der Waals surface area (Å²) in [6, 6.07) is 3.74. The molecule has 2 heterocycles. The maximum Gasteiger partial charge on any atom is 0.313 e. The number of furan rings is 1. The zero-order valence-corrected chi connectivity index (χ0v) is 12.6. The minimum atomic E-state index is -0.847. The predicted molar refractivity (Wildman–Crippen MR) is 77.1 cm³/mol. The molecule has 6 heteroatoms. The van der Waals surface area contributed by atoms with Crippen molar-refractivity contribution < 1.29 is 14.3 Å². The van der Waals surface area contributed by atoms with E-state index in [0.29, 0.717) is 11.7 Å². The fourth-order valence-electron chi connectivity index (χ4n) is 1.91. The van der Waals surface area contributed by atoms with Crippen molar-refractivity contribution in [3.05, 3.63) is 36.0 Å². The Balaban J connectivity index is 2.32. The molecule has 1 N–H and O–H groups in total. The van der Waals surface area contributed by atoms with E-state index >= 15 is 0 Å². The van der Waals surface area contributed by atoms with E-state index in [4.69, 9.17) is 9.52 Å². The number of carboxylic acids is 1. The lowest BCUT2D eigenvalue weighted by Crippen LogP contribution is -2.18. The van der Waals surface area contributed by atoms with Crippen LogP contribution in [0.25, 0.3) is 0 Å². The highest BCUT2D eigenvalue weighted by Gasteiger charge is 2.22. The molecular formula is C14H18N2O3S. The Hall–Kier alpha value is -1.69. The topological polar surface area (TPSA) is 68.3 Å². The molecule has 0 spiro atoms. The molecule has 2 aromatic rings. The van der Waals surface area contributed by atoms with Crippen LogP contribution in [0.5, 0.6) is 0 Å². The second-order valence-corrected chi connectivity index (χ2v) is 6.47. The van der Waals surface area contributed by atoms with E-state index in [0.717, 1.165) is 11.5 Å². The van der Waals surface area contributed by atoms with E-state index in [1.165, 1.54) is 11.8 Å². The summed E-state index contributed by atoms with van der Waals surface area (Å²) in [7, 11) is 0. The molecule has 20 heavy (non-hydrogen) atoms. The number of rotatable bonds is 5. The van der Waals surface area contributed by atoms with Gasteiger partial charge in [-0.3, -0.25) is 4.79 Å². The van der Waals surface area contributed by atoms with Crippen molar-refractivity contribution in [1.29, 1.82) is 0 Å². The van der Waals surface area contributed by atoms with Crippen LogP contribution in [-0.4, -0.2) is 26.4 Å². The number of carboxylic acid groups (broad SMARTS) is 1. The van der Waals surface area contributed by atoms with E-state index in [-0.39, 0.29) is 11.2 Å². The first-order valence-electron chi connectivity index (χ1n) is 6.31. The lowest BCUT2D eigenvalue weighted by atomic mass is 9.92. The van der Waals surface area contributed by atoms with Gasteiger partial charge in [0.25, 0.3) is 0 Å². The highest BCUT2D eigenvalue weighted by molar-refractivity contribution is 7.99. The monoisotopic (exact) mass is 294 g/mol. The van der Waals surface area contributed by atoms with Gasteiger partial charge in [-0.25, -0.2) is 4.98 Å². The second-order valence-electron chi connectivity index (χ2n) is 5.52. The van der Waals surface area contributed by atoms with Gasteiger partial charge in [0.1, 0.15) is 5.76 Å². The Morgan fingerprint density at radius 2 is 2.25 bits per heavy atom. The molecule has 0 unspecified atom stereocenters. The molecule has 0 saturated heterocycles. The summed E-state index contributed by atoms with van der Waals surface area (Å²) < 4.78 is 7.40. The Kier molecular flexibility index (Phi) is 4.23. The predicted octanol–water partition coefficient (Wildman–Crippen LogP) is 3.00. The van der Waals surface area contributed by atoms with Crippen molar-refractivity contribution in [2.45, 2.75) is 37.9 Å². The van der Waals surface area contributed by atoms with Crippen molar-refractivity contribution in [1.82, 2.24) is 9.55 Å². The third kappa shape index (κ3) is 3.45. The van der Waals surface area contributed by atoms with Crippen molar-refractivity contribution in [2.24, 2.45) is 0 Å². The van der Waals surface area contributed by atoms with Crippen molar-refractivity contribution in [3.8, 4) is 0 Å². The molecule has 0 aromatic carbocycles. The molecular weight excluding hydrogens is 276 g/mol. The zero-order valence-electron chi connectivity index (χ0n) is 11.8. The van der Waals surface area contributed by atoms with Crippen LogP contribution in [0.4, 0.5) is 0 Å². The molecule has 108 valence electrons. The number of aliphatic carboxylic acids is 1. The van der Waals surface area contributed by atoms with Crippen molar-refractivity contribution >= 4 is 17.7 Å². The molecule has 0 atom stereocenters. The van der Waals surface area contributed by atoms with Gasteiger partial charge in [0, 0.05) is 17.3 Å². The van der Waals surface area contributed by atoms with Crippen LogP contribution in [0.1, 0.15) is 32.2 Å². The Morgan fingerprint density at radius 1 is 1.50 bits per heavy atom. The van der Waals surface area contributed by atoms with Crippen LogP contribution < -0.4 is 0 Å². The zero-order chi connectivity index (χ0) is 14.8. The standard InChI is InChI=1S/C14H18N2O3S/c1-14(2,3)11-7-15-13(20-9-12(17)18)16(11)8-10-5-4-6-19-10/h4-7H,8-9H2,1-3H3,(H,17,18). The SMILES string of the molecule is CC(C)(C)c1cnc(SCC(=O)O)n1Cc1ccco1. The van der Waals surface area contributed by atoms with Crippen LogP contribution in [0.3, 0.4) is 0 Å². The normalized spacial score (nSPS) is 11.8. The second kappa shape index (κ2) is 5.75. The van der Waals surface area contributed by atoms with Gasteiger partial charge in [-0.2, -0.15) is 0 Å².